The van der Waals surface area contributed by atoms with Gasteiger partial charge in [-0.1, -0.05) is 37.6 Å². The van der Waals surface area contributed by atoms with E-state index in [0.29, 0.717) is 17.3 Å². The first-order valence-corrected chi connectivity index (χ1v) is 5.83. The van der Waals surface area contributed by atoms with Gasteiger partial charge in [0.05, 0.1) is 0 Å². The number of rotatable bonds is 2. The maximum absolute atomic E-state index is 6.27. The Morgan fingerprint density at radius 3 is 2.53 bits per heavy atom. The summed E-state index contributed by atoms with van der Waals surface area (Å²) in [6.45, 7) is 7.43. The fourth-order valence-electron chi connectivity index (χ4n) is 2.80. The Labute approximate surface area is 96.6 Å². The van der Waals surface area contributed by atoms with Crippen molar-refractivity contribution in [3.05, 3.63) is 34.3 Å². The third-order valence-corrected chi connectivity index (χ3v) is 4.22. The van der Waals surface area contributed by atoms with Crippen LogP contribution in [-0.2, 0) is 0 Å². The van der Waals surface area contributed by atoms with Crippen molar-refractivity contribution < 1.29 is 0 Å². The highest BCUT2D eigenvalue weighted by atomic mass is 35.5. The van der Waals surface area contributed by atoms with Crippen LogP contribution >= 0.6 is 11.6 Å². The zero-order valence-electron chi connectivity index (χ0n) is 9.55. The van der Waals surface area contributed by atoms with E-state index < -0.39 is 0 Å². The molecule has 0 unspecified atom stereocenters. The number of aryl methyl sites for hydroxylation is 1. The Morgan fingerprint density at radius 2 is 2.07 bits per heavy atom. The standard InChI is InChI=1S/C13H18ClN/c1-8-5-4-6-10(14)11(8)12-9(7-15)13(12,2)3/h4-6,9,12H,7,15H2,1-3H3/t9-,12+/m0/s1. The van der Waals surface area contributed by atoms with Gasteiger partial charge in [-0.25, -0.2) is 0 Å². The lowest BCUT2D eigenvalue weighted by molar-refractivity contribution is 0.558. The fraction of sp³-hybridized carbons (Fsp3) is 0.538. The third kappa shape index (κ3) is 1.58. The number of hydrogen-bond donors (Lipinski definition) is 1. The molecule has 0 radical (unpaired) electrons. The van der Waals surface area contributed by atoms with Crippen molar-refractivity contribution in [3.8, 4) is 0 Å². The van der Waals surface area contributed by atoms with Gasteiger partial charge in [0, 0.05) is 5.02 Å². The topological polar surface area (TPSA) is 26.0 Å². The van der Waals surface area contributed by atoms with Gasteiger partial charge in [0.15, 0.2) is 0 Å². The molecule has 0 spiro atoms. The molecule has 2 atom stereocenters. The Balaban J connectivity index is 2.41. The monoisotopic (exact) mass is 223 g/mol. The predicted molar refractivity (Wildman–Crippen MR) is 65.3 cm³/mol. The van der Waals surface area contributed by atoms with Crippen molar-refractivity contribution in [3.63, 3.8) is 0 Å². The van der Waals surface area contributed by atoms with Crippen LogP contribution < -0.4 is 5.73 Å². The molecule has 2 rings (SSSR count). The average Bonchev–Trinajstić information content (AvgIpc) is 2.68. The van der Waals surface area contributed by atoms with E-state index >= 15 is 0 Å². The van der Waals surface area contributed by atoms with Crippen molar-refractivity contribution in [1.29, 1.82) is 0 Å². The van der Waals surface area contributed by atoms with Crippen molar-refractivity contribution in [2.45, 2.75) is 26.7 Å². The quantitative estimate of drug-likeness (QED) is 0.818. The van der Waals surface area contributed by atoms with Crippen molar-refractivity contribution in [2.24, 2.45) is 17.1 Å². The van der Waals surface area contributed by atoms with Crippen LogP contribution in [0.4, 0.5) is 0 Å². The molecule has 0 bridgehead atoms. The van der Waals surface area contributed by atoms with Crippen LogP contribution in [0.3, 0.4) is 0 Å². The molecule has 1 aliphatic carbocycles. The molecule has 0 amide bonds. The van der Waals surface area contributed by atoms with Crippen LogP contribution in [0.2, 0.25) is 5.02 Å². The summed E-state index contributed by atoms with van der Waals surface area (Å²) in [6.07, 6.45) is 0. The minimum Gasteiger partial charge on any atom is -0.330 e. The van der Waals surface area contributed by atoms with Gasteiger partial charge in [-0.2, -0.15) is 0 Å². The summed E-state index contributed by atoms with van der Waals surface area (Å²) in [6, 6.07) is 6.11. The van der Waals surface area contributed by atoms with Gasteiger partial charge in [-0.3, -0.25) is 0 Å². The first-order valence-electron chi connectivity index (χ1n) is 5.45. The highest BCUT2D eigenvalue weighted by Crippen LogP contribution is 2.65. The minimum absolute atomic E-state index is 0.310. The SMILES string of the molecule is Cc1cccc(Cl)c1[C@H]1[C@H](CN)C1(C)C. The van der Waals surface area contributed by atoms with E-state index in [-0.39, 0.29) is 0 Å². The van der Waals surface area contributed by atoms with Gasteiger partial charge in [-0.05, 0) is 47.9 Å². The summed E-state index contributed by atoms with van der Waals surface area (Å²) < 4.78 is 0. The minimum atomic E-state index is 0.310. The summed E-state index contributed by atoms with van der Waals surface area (Å²) in [5.41, 5.74) is 8.70. The van der Waals surface area contributed by atoms with E-state index in [1.807, 2.05) is 12.1 Å². The zero-order chi connectivity index (χ0) is 11.2. The van der Waals surface area contributed by atoms with E-state index in [4.69, 9.17) is 17.3 Å². The fourth-order valence-corrected chi connectivity index (χ4v) is 3.14. The maximum atomic E-state index is 6.27. The van der Waals surface area contributed by atoms with Crippen LogP contribution in [-0.4, -0.2) is 6.54 Å². The summed E-state index contributed by atoms with van der Waals surface area (Å²) >= 11 is 6.27. The first-order chi connectivity index (χ1) is 7.00. The van der Waals surface area contributed by atoms with E-state index in [0.717, 1.165) is 11.6 Å². The Kier molecular flexibility index (Phi) is 2.56. The second-order valence-corrected chi connectivity index (χ2v) is 5.52. The summed E-state index contributed by atoms with van der Waals surface area (Å²) in [4.78, 5) is 0. The van der Waals surface area contributed by atoms with Crippen molar-refractivity contribution in [1.82, 2.24) is 0 Å². The maximum Gasteiger partial charge on any atom is 0.0443 e. The molecule has 15 heavy (non-hydrogen) atoms. The lowest BCUT2D eigenvalue weighted by Crippen LogP contribution is -2.05. The van der Waals surface area contributed by atoms with Crippen LogP contribution in [0.15, 0.2) is 18.2 Å². The average molecular weight is 224 g/mol. The number of hydrogen-bond acceptors (Lipinski definition) is 1. The second-order valence-electron chi connectivity index (χ2n) is 5.11. The smallest absolute Gasteiger partial charge is 0.0443 e. The third-order valence-electron chi connectivity index (χ3n) is 3.89. The highest BCUT2D eigenvalue weighted by molar-refractivity contribution is 6.31. The van der Waals surface area contributed by atoms with Gasteiger partial charge in [0.1, 0.15) is 0 Å². The molecule has 1 fully saturated rings. The van der Waals surface area contributed by atoms with Crippen LogP contribution in [0.5, 0.6) is 0 Å². The Bertz CT molecular complexity index is 364. The van der Waals surface area contributed by atoms with Crippen LogP contribution in [0.1, 0.15) is 30.9 Å². The number of nitrogens with two attached hydrogens (primary N) is 1. The Morgan fingerprint density at radius 1 is 1.40 bits per heavy atom. The lowest BCUT2D eigenvalue weighted by Gasteiger charge is -2.09. The molecule has 2 N–H and O–H groups in total. The van der Waals surface area contributed by atoms with Gasteiger partial charge in [0.2, 0.25) is 0 Å². The summed E-state index contributed by atoms with van der Waals surface area (Å²) in [7, 11) is 0. The Hall–Kier alpha value is -0.530. The molecular weight excluding hydrogens is 206 g/mol. The largest absolute Gasteiger partial charge is 0.330 e. The molecule has 1 nitrogen and oxygen atoms in total. The summed E-state index contributed by atoms with van der Waals surface area (Å²) in [5, 5.41) is 0.893. The molecule has 2 heteroatoms. The van der Waals surface area contributed by atoms with Crippen LogP contribution in [0, 0.1) is 18.3 Å². The summed E-state index contributed by atoms with van der Waals surface area (Å²) in [5.74, 6) is 1.12. The number of halogens is 1. The second kappa shape index (κ2) is 3.50. The molecule has 1 aromatic carbocycles. The van der Waals surface area contributed by atoms with E-state index in [1.165, 1.54) is 11.1 Å². The molecule has 0 saturated heterocycles. The van der Waals surface area contributed by atoms with Crippen LogP contribution in [0.25, 0.3) is 0 Å². The molecule has 1 aliphatic rings. The van der Waals surface area contributed by atoms with E-state index in [1.54, 1.807) is 0 Å². The molecule has 0 heterocycles. The molecule has 1 saturated carbocycles. The van der Waals surface area contributed by atoms with Crippen molar-refractivity contribution >= 4 is 11.6 Å². The molecular formula is C13H18ClN. The molecule has 82 valence electrons. The van der Waals surface area contributed by atoms with Gasteiger partial charge in [0.25, 0.3) is 0 Å². The van der Waals surface area contributed by atoms with Gasteiger partial charge >= 0.3 is 0 Å². The van der Waals surface area contributed by atoms with E-state index in [2.05, 4.69) is 26.8 Å². The van der Waals surface area contributed by atoms with Gasteiger partial charge < -0.3 is 5.73 Å². The zero-order valence-corrected chi connectivity index (χ0v) is 10.3. The first kappa shape index (κ1) is 11.0. The van der Waals surface area contributed by atoms with Gasteiger partial charge in [-0.15, -0.1) is 0 Å². The molecule has 0 aliphatic heterocycles. The molecule has 0 aromatic heterocycles. The highest BCUT2D eigenvalue weighted by Gasteiger charge is 2.58. The van der Waals surface area contributed by atoms with E-state index in [9.17, 15) is 0 Å². The molecule has 1 aromatic rings. The predicted octanol–water partition coefficient (Wildman–Crippen LogP) is 3.35. The normalized spacial score (nSPS) is 27.8. The number of benzene rings is 1. The van der Waals surface area contributed by atoms with Crippen molar-refractivity contribution in [2.75, 3.05) is 6.54 Å². The lowest BCUT2D eigenvalue weighted by atomic mass is 9.99.